The molecule has 0 heterocycles. The first-order valence-electron chi connectivity index (χ1n) is 5.30. The van der Waals surface area contributed by atoms with E-state index in [1.807, 2.05) is 32.0 Å². The number of rotatable bonds is 4. The number of benzene rings is 1. The van der Waals surface area contributed by atoms with Crippen molar-refractivity contribution in [3.63, 3.8) is 0 Å². The predicted molar refractivity (Wildman–Crippen MR) is 77.6 cm³/mol. The van der Waals surface area contributed by atoms with Crippen LogP contribution in [0.4, 0.5) is 5.69 Å². The molecule has 17 heavy (non-hydrogen) atoms. The lowest BCUT2D eigenvalue weighted by Gasteiger charge is -2.09. The fourth-order valence-electron chi connectivity index (χ4n) is 1.30. The Morgan fingerprint density at radius 3 is 2.76 bits per heavy atom. The number of hydrogen-bond donors (Lipinski definition) is 2. The highest BCUT2D eigenvalue weighted by Crippen LogP contribution is 2.20. The van der Waals surface area contributed by atoms with Crippen LogP contribution in [0.15, 0.2) is 22.7 Å². The minimum atomic E-state index is 0. The monoisotopic (exact) mass is 320 g/mol. The molecule has 1 amide bonds. The Hall–Kier alpha value is -0.580. The summed E-state index contributed by atoms with van der Waals surface area (Å²) in [5, 5.41) is 2.88. The van der Waals surface area contributed by atoms with E-state index in [9.17, 15) is 4.79 Å². The van der Waals surface area contributed by atoms with Crippen molar-refractivity contribution in [1.29, 1.82) is 0 Å². The summed E-state index contributed by atoms with van der Waals surface area (Å²) < 4.78 is 0.959. The number of anilines is 1. The Balaban J connectivity index is 0.00000256. The van der Waals surface area contributed by atoms with E-state index in [4.69, 9.17) is 5.73 Å². The largest absolute Gasteiger partial charge is 0.328 e. The minimum Gasteiger partial charge on any atom is -0.328 e. The van der Waals surface area contributed by atoms with Gasteiger partial charge >= 0.3 is 0 Å². The molecule has 96 valence electrons. The summed E-state index contributed by atoms with van der Waals surface area (Å²) in [6, 6.07) is 5.88. The lowest BCUT2D eigenvalue weighted by atomic mass is 10.1. The number of halogens is 2. The molecule has 3 N–H and O–H groups in total. The van der Waals surface area contributed by atoms with Gasteiger partial charge in [0.05, 0.1) is 0 Å². The van der Waals surface area contributed by atoms with Gasteiger partial charge in [-0.25, -0.2) is 0 Å². The maximum absolute atomic E-state index is 11.6. The zero-order chi connectivity index (χ0) is 12.1. The molecule has 0 fully saturated rings. The molecule has 0 bridgehead atoms. The van der Waals surface area contributed by atoms with Gasteiger partial charge in [0.15, 0.2) is 0 Å². The third-order valence-corrected chi connectivity index (χ3v) is 2.79. The highest BCUT2D eigenvalue weighted by Gasteiger charge is 2.06. The van der Waals surface area contributed by atoms with Gasteiger partial charge in [0, 0.05) is 22.6 Å². The van der Waals surface area contributed by atoms with Crippen molar-refractivity contribution in [3.05, 3.63) is 28.2 Å². The zero-order valence-electron chi connectivity index (χ0n) is 10.00. The van der Waals surface area contributed by atoms with Crippen LogP contribution < -0.4 is 11.1 Å². The van der Waals surface area contributed by atoms with Crippen LogP contribution in [0.2, 0.25) is 0 Å². The van der Waals surface area contributed by atoms with E-state index < -0.39 is 0 Å². The molecule has 1 unspecified atom stereocenters. The number of nitrogens with one attached hydrogen (secondary N) is 1. The lowest BCUT2D eigenvalue weighted by Crippen LogP contribution is -2.19. The molecule has 3 nitrogen and oxygen atoms in total. The van der Waals surface area contributed by atoms with Gasteiger partial charge in [0.25, 0.3) is 0 Å². The topological polar surface area (TPSA) is 55.1 Å². The number of amides is 1. The second kappa shape index (κ2) is 7.69. The summed E-state index contributed by atoms with van der Waals surface area (Å²) in [5.41, 5.74) is 7.50. The molecule has 0 aliphatic heterocycles. The zero-order valence-corrected chi connectivity index (χ0v) is 12.4. The third kappa shape index (κ3) is 6.05. The molecule has 1 aromatic carbocycles. The van der Waals surface area contributed by atoms with Crippen molar-refractivity contribution in [3.8, 4) is 0 Å². The Kier molecular flexibility index (Phi) is 7.43. The van der Waals surface area contributed by atoms with Crippen LogP contribution in [-0.2, 0) is 4.79 Å². The number of aryl methyl sites for hydroxylation is 1. The summed E-state index contributed by atoms with van der Waals surface area (Å²) >= 11 is 3.38. The average molecular weight is 322 g/mol. The van der Waals surface area contributed by atoms with Gasteiger partial charge in [-0.1, -0.05) is 22.0 Å². The molecule has 0 spiro atoms. The van der Waals surface area contributed by atoms with Crippen molar-refractivity contribution < 1.29 is 4.79 Å². The van der Waals surface area contributed by atoms with Gasteiger partial charge < -0.3 is 11.1 Å². The van der Waals surface area contributed by atoms with E-state index in [2.05, 4.69) is 21.2 Å². The molecule has 0 saturated carbocycles. The van der Waals surface area contributed by atoms with Crippen LogP contribution in [0.1, 0.15) is 25.3 Å². The first-order chi connectivity index (χ1) is 7.49. The number of hydrogen-bond acceptors (Lipinski definition) is 2. The van der Waals surface area contributed by atoms with Crippen LogP contribution in [0.25, 0.3) is 0 Å². The Labute approximate surface area is 117 Å². The number of carbonyl (C=O) groups is 1. The summed E-state index contributed by atoms with van der Waals surface area (Å²) in [6.45, 7) is 3.87. The summed E-state index contributed by atoms with van der Waals surface area (Å²) in [6.07, 6.45) is 1.17. The summed E-state index contributed by atoms with van der Waals surface area (Å²) in [7, 11) is 0. The van der Waals surface area contributed by atoms with Crippen molar-refractivity contribution >= 4 is 39.9 Å². The molecule has 1 rings (SSSR count). The second-order valence-electron chi connectivity index (χ2n) is 4.02. The summed E-state index contributed by atoms with van der Waals surface area (Å²) in [5.74, 6) is 0.0125. The van der Waals surface area contributed by atoms with Gasteiger partial charge in [-0.2, -0.15) is 0 Å². The smallest absolute Gasteiger partial charge is 0.224 e. The van der Waals surface area contributed by atoms with Gasteiger partial charge in [-0.3, -0.25) is 4.79 Å². The molecular formula is C12H18BrClN2O. The van der Waals surface area contributed by atoms with Crippen LogP contribution in [-0.4, -0.2) is 11.9 Å². The number of nitrogens with two attached hydrogens (primary N) is 1. The molecule has 5 heteroatoms. The predicted octanol–water partition coefficient (Wildman–Crippen LogP) is 3.25. The normalized spacial score (nSPS) is 11.5. The number of carbonyl (C=O) groups excluding carboxylic acids is 1. The molecule has 0 saturated heterocycles. The van der Waals surface area contributed by atoms with Gasteiger partial charge in [0.1, 0.15) is 0 Å². The van der Waals surface area contributed by atoms with E-state index >= 15 is 0 Å². The maximum Gasteiger partial charge on any atom is 0.224 e. The molecule has 1 atom stereocenters. The highest BCUT2D eigenvalue weighted by molar-refractivity contribution is 9.10. The molecule has 0 aromatic heterocycles. The van der Waals surface area contributed by atoms with Crippen LogP contribution in [0.3, 0.4) is 0 Å². The SMILES string of the molecule is Cc1ccc(Br)cc1NC(=O)CCC(C)N.Cl. The Bertz CT molecular complexity index is 383. The first-order valence-corrected chi connectivity index (χ1v) is 6.10. The van der Waals surface area contributed by atoms with Gasteiger partial charge in [0.2, 0.25) is 5.91 Å². The van der Waals surface area contributed by atoms with Crippen LogP contribution in [0, 0.1) is 6.92 Å². The molecule has 0 radical (unpaired) electrons. The van der Waals surface area contributed by atoms with Crippen molar-refractivity contribution in [1.82, 2.24) is 0 Å². The van der Waals surface area contributed by atoms with Crippen molar-refractivity contribution in [2.45, 2.75) is 32.7 Å². The Morgan fingerprint density at radius 2 is 2.18 bits per heavy atom. The van der Waals surface area contributed by atoms with E-state index in [-0.39, 0.29) is 24.4 Å². The fourth-order valence-corrected chi connectivity index (χ4v) is 1.66. The van der Waals surface area contributed by atoms with Crippen LogP contribution >= 0.6 is 28.3 Å². The van der Waals surface area contributed by atoms with E-state index in [1.54, 1.807) is 0 Å². The van der Waals surface area contributed by atoms with E-state index in [1.165, 1.54) is 0 Å². The molecule has 0 aliphatic rings. The second-order valence-corrected chi connectivity index (χ2v) is 4.94. The van der Waals surface area contributed by atoms with Crippen LogP contribution in [0.5, 0.6) is 0 Å². The first kappa shape index (κ1) is 16.4. The molecule has 1 aromatic rings. The van der Waals surface area contributed by atoms with E-state index in [0.29, 0.717) is 12.8 Å². The van der Waals surface area contributed by atoms with E-state index in [0.717, 1.165) is 15.7 Å². The minimum absolute atomic E-state index is 0. The molecular weight excluding hydrogens is 304 g/mol. The third-order valence-electron chi connectivity index (χ3n) is 2.30. The quantitative estimate of drug-likeness (QED) is 0.894. The lowest BCUT2D eigenvalue weighted by molar-refractivity contribution is -0.116. The Morgan fingerprint density at radius 1 is 1.53 bits per heavy atom. The summed E-state index contributed by atoms with van der Waals surface area (Å²) in [4.78, 5) is 11.6. The fraction of sp³-hybridized carbons (Fsp3) is 0.417. The molecule has 0 aliphatic carbocycles. The standard InChI is InChI=1S/C12H17BrN2O.ClH/c1-8-3-5-10(13)7-11(8)15-12(16)6-4-9(2)14;/h3,5,7,9H,4,6,14H2,1-2H3,(H,15,16);1H. The van der Waals surface area contributed by atoms with Gasteiger partial charge in [-0.05, 0) is 38.0 Å². The van der Waals surface area contributed by atoms with Crippen molar-refractivity contribution in [2.75, 3.05) is 5.32 Å². The van der Waals surface area contributed by atoms with Crippen molar-refractivity contribution in [2.24, 2.45) is 5.73 Å². The van der Waals surface area contributed by atoms with Gasteiger partial charge in [-0.15, -0.1) is 12.4 Å². The highest BCUT2D eigenvalue weighted by atomic mass is 79.9. The average Bonchev–Trinajstić information content (AvgIpc) is 2.20. The maximum atomic E-state index is 11.6.